The number of cyclic esters (lactones) is 1. The minimum absolute atomic E-state index is 0.303. The number of carbonyl (C=O) groups is 2. The zero-order valence-corrected chi connectivity index (χ0v) is 6.99. The number of alkyl carbamates (subject to hydrolysis) is 1. The van der Waals surface area contributed by atoms with Gasteiger partial charge in [0, 0.05) is 0 Å². The van der Waals surface area contributed by atoms with Gasteiger partial charge in [0.25, 0.3) is 0 Å². The largest absolute Gasteiger partial charge is 0.464 e. The SMILES string of the molecule is CCOC(=O)[C@H]1NC(=O)O[C@H]1C. The Hall–Kier alpha value is -1.26. The van der Waals surface area contributed by atoms with Crippen LogP contribution in [0.3, 0.4) is 0 Å². The maximum absolute atomic E-state index is 11.1. The Balaban J connectivity index is 2.52. The van der Waals surface area contributed by atoms with Crippen molar-refractivity contribution >= 4 is 12.1 Å². The van der Waals surface area contributed by atoms with Gasteiger partial charge in [-0.2, -0.15) is 0 Å². The van der Waals surface area contributed by atoms with Crippen molar-refractivity contribution in [1.29, 1.82) is 0 Å². The van der Waals surface area contributed by atoms with Crippen LogP contribution in [-0.4, -0.2) is 30.8 Å². The van der Waals surface area contributed by atoms with Gasteiger partial charge in [0.1, 0.15) is 6.10 Å². The third kappa shape index (κ3) is 1.66. The third-order valence-corrected chi connectivity index (χ3v) is 1.58. The summed E-state index contributed by atoms with van der Waals surface area (Å²) in [7, 11) is 0. The molecular formula is C7H11NO4. The molecule has 0 aromatic heterocycles. The van der Waals surface area contributed by atoms with Crippen LogP contribution in [0.5, 0.6) is 0 Å². The standard InChI is InChI=1S/C7H11NO4/c1-3-11-6(9)5-4(2)12-7(10)8-5/h4-5H,3H2,1-2H3,(H,8,10)/t4-,5-/m0/s1. The van der Waals surface area contributed by atoms with Crippen LogP contribution in [0, 0.1) is 0 Å². The highest BCUT2D eigenvalue weighted by Crippen LogP contribution is 2.08. The van der Waals surface area contributed by atoms with Gasteiger partial charge in [-0.15, -0.1) is 0 Å². The summed E-state index contributed by atoms with van der Waals surface area (Å²) >= 11 is 0. The van der Waals surface area contributed by atoms with E-state index in [2.05, 4.69) is 5.32 Å². The second kappa shape index (κ2) is 3.42. The van der Waals surface area contributed by atoms with Gasteiger partial charge in [-0.25, -0.2) is 9.59 Å². The van der Waals surface area contributed by atoms with Gasteiger partial charge >= 0.3 is 12.1 Å². The van der Waals surface area contributed by atoms with Crippen LogP contribution in [-0.2, 0) is 14.3 Å². The monoisotopic (exact) mass is 173 g/mol. The van der Waals surface area contributed by atoms with E-state index in [-0.39, 0.29) is 0 Å². The molecule has 1 aliphatic rings. The normalized spacial score (nSPS) is 27.7. The van der Waals surface area contributed by atoms with Crippen molar-refractivity contribution in [3.05, 3.63) is 0 Å². The smallest absolute Gasteiger partial charge is 0.408 e. The van der Waals surface area contributed by atoms with Crippen molar-refractivity contribution in [1.82, 2.24) is 5.32 Å². The van der Waals surface area contributed by atoms with E-state index in [1.807, 2.05) is 0 Å². The predicted octanol–water partition coefficient (Wildman–Crippen LogP) is 0.0464. The molecule has 1 amide bonds. The summed E-state index contributed by atoms with van der Waals surface area (Å²) in [5, 5.41) is 2.35. The van der Waals surface area contributed by atoms with Crippen molar-refractivity contribution in [2.75, 3.05) is 6.61 Å². The molecule has 2 atom stereocenters. The number of hydrogen-bond donors (Lipinski definition) is 1. The van der Waals surface area contributed by atoms with Crippen LogP contribution in [0.4, 0.5) is 4.79 Å². The first-order valence-corrected chi connectivity index (χ1v) is 3.79. The summed E-state index contributed by atoms with van der Waals surface area (Å²) in [5.41, 5.74) is 0. The molecular weight excluding hydrogens is 162 g/mol. The number of rotatable bonds is 2. The van der Waals surface area contributed by atoms with Crippen molar-refractivity contribution in [2.45, 2.75) is 26.0 Å². The number of amides is 1. The number of hydrogen-bond acceptors (Lipinski definition) is 4. The van der Waals surface area contributed by atoms with Gasteiger partial charge in [-0.3, -0.25) is 0 Å². The van der Waals surface area contributed by atoms with E-state index in [0.717, 1.165) is 0 Å². The average molecular weight is 173 g/mol. The molecule has 1 heterocycles. The van der Waals surface area contributed by atoms with Crippen molar-refractivity contribution < 1.29 is 19.1 Å². The summed E-state index contributed by atoms with van der Waals surface area (Å²) < 4.78 is 9.40. The molecule has 0 aliphatic carbocycles. The van der Waals surface area contributed by atoms with Crippen LogP contribution < -0.4 is 5.32 Å². The molecule has 0 unspecified atom stereocenters. The molecule has 0 aromatic rings. The van der Waals surface area contributed by atoms with Crippen LogP contribution >= 0.6 is 0 Å². The summed E-state index contributed by atoms with van der Waals surface area (Å²) in [6.07, 6.45) is -1.02. The van der Waals surface area contributed by atoms with Crippen LogP contribution in [0.2, 0.25) is 0 Å². The molecule has 1 N–H and O–H groups in total. The van der Waals surface area contributed by atoms with Gasteiger partial charge in [0.05, 0.1) is 6.61 Å². The predicted molar refractivity (Wildman–Crippen MR) is 39.5 cm³/mol. The topological polar surface area (TPSA) is 64.6 Å². The van der Waals surface area contributed by atoms with E-state index >= 15 is 0 Å². The highest BCUT2D eigenvalue weighted by atomic mass is 16.6. The third-order valence-electron chi connectivity index (χ3n) is 1.58. The van der Waals surface area contributed by atoms with Gasteiger partial charge in [-0.05, 0) is 13.8 Å². The van der Waals surface area contributed by atoms with E-state index in [9.17, 15) is 9.59 Å². The fourth-order valence-electron chi connectivity index (χ4n) is 0.998. The molecule has 0 spiro atoms. The van der Waals surface area contributed by atoms with Gasteiger partial charge in [0.2, 0.25) is 0 Å². The second-order valence-electron chi connectivity index (χ2n) is 2.48. The summed E-state index contributed by atoms with van der Waals surface area (Å²) in [4.78, 5) is 21.7. The Labute approximate surface area is 70.0 Å². The van der Waals surface area contributed by atoms with Crippen molar-refractivity contribution in [3.63, 3.8) is 0 Å². The number of carbonyl (C=O) groups excluding carboxylic acids is 2. The molecule has 0 bridgehead atoms. The molecule has 1 rings (SSSR count). The first-order valence-electron chi connectivity index (χ1n) is 3.79. The van der Waals surface area contributed by atoms with Crippen LogP contribution in [0.25, 0.3) is 0 Å². The molecule has 1 fully saturated rings. The lowest BCUT2D eigenvalue weighted by molar-refractivity contribution is -0.146. The van der Waals surface area contributed by atoms with Crippen molar-refractivity contribution in [3.8, 4) is 0 Å². The molecule has 0 aromatic carbocycles. The number of nitrogens with one attached hydrogen (secondary N) is 1. The summed E-state index contributed by atoms with van der Waals surface area (Å²) in [5.74, 6) is -0.448. The highest BCUT2D eigenvalue weighted by molar-refractivity contribution is 5.84. The lowest BCUT2D eigenvalue weighted by Crippen LogP contribution is -2.39. The Morgan fingerprint density at radius 1 is 1.75 bits per heavy atom. The van der Waals surface area contributed by atoms with Gasteiger partial charge in [-0.1, -0.05) is 0 Å². The molecule has 5 heteroatoms. The van der Waals surface area contributed by atoms with Crippen LogP contribution in [0.1, 0.15) is 13.8 Å². The molecule has 68 valence electrons. The van der Waals surface area contributed by atoms with E-state index in [0.29, 0.717) is 6.61 Å². The minimum atomic E-state index is -0.655. The molecule has 0 saturated carbocycles. The summed E-state index contributed by atoms with van der Waals surface area (Å²) in [6.45, 7) is 3.65. The highest BCUT2D eigenvalue weighted by Gasteiger charge is 2.36. The number of esters is 1. The molecule has 5 nitrogen and oxygen atoms in total. The maximum Gasteiger partial charge on any atom is 0.408 e. The maximum atomic E-state index is 11.1. The quantitative estimate of drug-likeness (QED) is 0.599. The van der Waals surface area contributed by atoms with Gasteiger partial charge < -0.3 is 14.8 Å². The fraction of sp³-hybridized carbons (Fsp3) is 0.714. The van der Waals surface area contributed by atoms with Crippen LogP contribution in [0.15, 0.2) is 0 Å². The minimum Gasteiger partial charge on any atom is -0.464 e. The number of ether oxygens (including phenoxy) is 2. The van der Waals surface area contributed by atoms with Gasteiger partial charge in [0.15, 0.2) is 6.04 Å². The molecule has 0 radical (unpaired) electrons. The Kier molecular flexibility index (Phi) is 2.52. The van der Waals surface area contributed by atoms with E-state index < -0.39 is 24.2 Å². The molecule has 1 saturated heterocycles. The second-order valence-corrected chi connectivity index (χ2v) is 2.48. The zero-order valence-electron chi connectivity index (χ0n) is 6.99. The fourth-order valence-corrected chi connectivity index (χ4v) is 0.998. The van der Waals surface area contributed by atoms with E-state index in [1.54, 1.807) is 13.8 Å². The molecule has 1 aliphatic heterocycles. The molecule has 12 heavy (non-hydrogen) atoms. The Bertz CT molecular complexity index is 204. The van der Waals surface area contributed by atoms with E-state index in [1.165, 1.54) is 0 Å². The zero-order chi connectivity index (χ0) is 9.14. The summed E-state index contributed by atoms with van der Waals surface area (Å²) in [6, 6.07) is -0.655. The lowest BCUT2D eigenvalue weighted by atomic mass is 10.2. The first-order chi connectivity index (χ1) is 5.65. The lowest BCUT2D eigenvalue weighted by Gasteiger charge is -2.10. The Morgan fingerprint density at radius 2 is 2.42 bits per heavy atom. The van der Waals surface area contributed by atoms with E-state index in [4.69, 9.17) is 9.47 Å². The average Bonchev–Trinajstić information content (AvgIpc) is 2.30. The Morgan fingerprint density at radius 3 is 2.83 bits per heavy atom. The first kappa shape index (κ1) is 8.83. The van der Waals surface area contributed by atoms with Crippen molar-refractivity contribution in [2.24, 2.45) is 0 Å².